The van der Waals surface area contributed by atoms with Gasteiger partial charge in [0.25, 0.3) is 5.91 Å². The summed E-state index contributed by atoms with van der Waals surface area (Å²) in [5.74, 6) is 1.53. The van der Waals surface area contributed by atoms with Crippen LogP contribution >= 0.6 is 0 Å². The minimum absolute atomic E-state index is 0.139. The molecule has 1 atom stereocenters. The number of anilines is 1. The van der Waals surface area contributed by atoms with Crippen molar-refractivity contribution in [3.63, 3.8) is 0 Å². The number of pyridine rings is 1. The number of nitrogens with zero attached hydrogens (tertiary/aromatic N) is 2. The molecular weight excluding hydrogens is 376 g/mol. The lowest BCUT2D eigenvalue weighted by molar-refractivity contribution is 0.0950. The maximum atomic E-state index is 12.5. The van der Waals surface area contributed by atoms with Gasteiger partial charge in [-0.15, -0.1) is 0 Å². The van der Waals surface area contributed by atoms with Crippen molar-refractivity contribution in [2.24, 2.45) is 0 Å². The third-order valence-corrected chi connectivity index (χ3v) is 5.30. The number of methoxy groups -OCH3 is 1. The molecule has 0 spiro atoms. The lowest BCUT2D eigenvalue weighted by Crippen LogP contribution is -2.46. The number of aromatic nitrogens is 1. The molecule has 1 fully saturated rings. The summed E-state index contributed by atoms with van der Waals surface area (Å²) in [6.07, 6.45) is 1.65. The Labute approximate surface area is 176 Å². The summed E-state index contributed by atoms with van der Waals surface area (Å²) in [6, 6.07) is 22.1. The smallest absolute Gasteiger partial charge is 0.253 e. The monoisotopic (exact) mass is 402 g/mol. The molecule has 0 aliphatic carbocycles. The number of nitrogens with one attached hydrogen (secondary N) is 2. The summed E-state index contributed by atoms with van der Waals surface area (Å²) >= 11 is 0. The van der Waals surface area contributed by atoms with Crippen molar-refractivity contribution >= 4 is 11.7 Å². The maximum absolute atomic E-state index is 12.5. The summed E-state index contributed by atoms with van der Waals surface area (Å²) in [6.45, 7) is 3.06. The van der Waals surface area contributed by atoms with E-state index >= 15 is 0 Å². The zero-order chi connectivity index (χ0) is 20.8. The molecule has 30 heavy (non-hydrogen) atoms. The Balaban J connectivity index is 1.36. The van der Waals surface area contributed by atoms with Gasteiger partial charge in [0.1, 0.15) is 11.6 Å². The van der Waals surface area contributed by atoms with Crippen LogP contribution in [0.15, 0.2) is 72.9 Å². The number of piperazine rings is 1. The summed E-state index contributed by atoms with van der Waals surface area (Å²) in [4.78, 5) is 19.3. The topological polar surface area (TPSA) is 66.5 Å². The van der Waals surface area contributed by atoms with Crippen LogP contribution in [0.4, 0.5) is 5.82 Å². The average molecular weight is 402 g/mol. The highest BCUT2D eigenvalue weighted by Gasteiger charge is 2.21. The SMILES string of the molecule is COc1cccc(CNC(=O)c2ccc(N3CCN[C@@H](c4ccccc4)C3)nc2)c1. The first-order valence-corrected chi connectivity index (χ1v) is 10.1. The molecule has 0 bridgehead atoms. The highest BCUT2D eigenvalue weighted by molar-refractivity contribution is 5.94. The molecule has 0 saturated carbocycles. The van der Waals surface area contributed by atoms with E-state index in [0.717, 1.165) is 36.8 Å². The number of carbonyl (C=O) groups excluding carboxylic acids is 1. The van der Waals surface area contributed by atoms with Gasteiger partial charge < -0.3 is 20.3 Å². The van der Waals surface area contributed by atoms with Gasteiger partial charge >= 0.3 is 0 Å². The minimum atomic E-state index is -0.139. The molecule has 3 aromatic rings. The molecule has 6 nitrogen and oxygen atoms in total. The molecule has 2 heterocycles. The molecule has 2 N–H and O–H groups in total. The average Bonchev–Trinajstić information content (AvgIpc) is 2.83. The minimum Gasteiger partial charge on any atom is -0.497 e. The maximum Gasteiger partial charge on any atom is 0.253 e. The molecule has 2 aromatic carbocycles. The number of carbonyl (C=O) groups is 1. The number of ether oxygens (including phenoxy) is 1. The van der Waals surface area contributed by atoms with Gasteiger partial charge in [0.15, 0.2) is 0 Å². The number of hydrogen-bond acceptors (Lipinski definition) is 5. The van der Waals surface area contributed by atoms with Gasteiger partial charge in [-0.1, -0.05) is 42.5 Å². The molecule has 0 unspecified atom stereocenters. The fourth-order valence-corrected chi connectivity index (χ4v) is 3.64. The van der Waals surface area contributed by atoms with Gasteiger partial charge in [-0.25, -0.2) is 4.98 Å². The number of rotatable bonds is 6. The van der Waals surface area contributed by atoms with Gasteiger partial charge in [-0.3, -0.25) is 4.79 Å². The van der Waals surface area contributed by atoms with E-state index in [1.165, 1.54) is 5.56 Å². The molecule has 1 saturated heterocycles. The van der Waals surface area contributed by atoms with E-state index in [-0.39, 0.29) is 11.9 Å². The van der Waals surface area contributed by atoms with E-state index in [1.54, 1.807) is 13.3 Å². The first-order valence-electron chi connectivity index (χ1n) is 10.1. The first-order chi connectivity index (χ1) is 14.7. The molecule has 6 heteroatoms. The van der Waals surface area contributed by atoms with Crippen molar-refractivity contribution in [1.29, 1.82) is 0 Å². The van der Waals surface area contributed by atoms with Gasteiger partial charge in [0.2, 0.25) is 0 Å². The number of hydrogen-bond donors (Lipinski definition) is 2. The molecule has 0 radical (unpaired) electrons. The van der Waals surface area contributed by atoms with Gasteiger partial charge in [-0.2, -0.15) is 0 Å². The van der Waals surface area contributed by atoms with Crippen LogP contribution in [0, 0.1) is 0 Å². The van der Waals surface area contributed by atoms with Crippen molar-refractivity contribution in [2.45, 2.75) is 12.6 Å². The third-order valence-electron chi connectivity index (χ3n) is 5.30. The molecular formula is C24H26N4O2. The van der Waals surface area contributed by atoms with Crippen molar-refractivity contribution < 1.29 is 9.53 Å². The van der Waals surface area contributed by atoms with Crippen LogP contribution in [0.25, 0.3) is 0 Å². The predicted octanol–water partition coefficient (Wildman–Crippen LogP) is 3.17. The van der Waals surface area contributed by atoms with Crippen LogP contribution in [0.5, 0.6) is 5.75 Å². The normalized spacial score (nSPS) is 16.2. The third kappa shape index (κ3) is 4.78. The van der Waals surface area contributed by atoms with E-state index in [9.17, 15) is 4.79 Å². The lowest BCUT2D eigenvalue weighted by Gasteiger charge is -2.34. The zero-order valence-corrected chi connectivity index (χ0v) is 17.0. The number of benzene rings is 2. The van der Waals surface area contributed by atoms with Crippen LogP contribution in [0.3, 0.4) is 0 Å². The summed E-state index contributed by atoms with van der Waals surface area (Å²) < 4.78 is 5.22. The van der Waals surface area contributed by atoms with Crippen LogP contribution in [-0.4, -0.2) is 37.6 Å². The highest BCUT2D eigenvalue weighted by atomic mass is 16.5. The van der Waals surface area contributed by atoms with Crippen LogP contribution in [-0.2, 0) is 6.54 Å². The Kier molecular flexibility index (Phi) is 6.25. The number of amides is 1. The molecule has 1 aromatic heterocycles. The second-order valence-corrected chi connectivity index (χ2v) is 7.30. The second kappa shape index (κ2) is 9.41. The second-order valence-electron chi connectivity index (χ2n) is 7.30. The van der Waals surface area contributed by atoms with Crippen LogP contribution in [0.1, 0.15) is 27.5 Å². The summed E-state index contributed by atoms with van der Waals surface area (Å²) in [5, 5.41) is 6.50. The zero-order valence-electron chi connectivity index (χ0n) is 17.0. The standard InChI is InChI=1S/C24H26N4O2/c1-30-21-9-5-6-18(14-21)15-27-24(29)20-10-11-23(26-16-20)28-13-12-25-22(17-28)19-7-3-2-4-8-19/h2-11,14,16,22,25H,12-13,15,17H2,1H3,(H,27,29)/t22-/m1/s1. The largest absolute Gasteiger partial charge is 0.497 e. The van der Waals surface area contributed by atoms with Crippen molar-refractivity contribution in [3.05, 3.63) is 89.6 Å². The van der Waals surface area contributed by atoms with E-state index < -0.39 is 0 Å². The van der Waals surface area contributed by atoms with Gasteiger partial charge in [-0.05, 0) is 35.4 Å². The Morgan fingerprint density at radius 3 is 2.80 bits per heavy atom. The Bertz CT molecular complexity index is 976. The van der Waals surface area contributed by atoms with Gasteiger partial charge in [0, 0.05) is 38.4 Å². The van der Waals surface area contributed by atoms with Gasteiger partial charge in [0.05, 0.1) is 12.7 Å². The highest BCUT2D eigenvalue weighted by Crippen LogP contribution is 2.21. The van der Waals surface area contributed by atoms with E-state index in [0.29, 0.717) is 12.1 Å². The van der Waals surface area contributed by atoms with E-state index in [1.807, 2.05) is 42.5 Å². The molecule has 1 aliphatic rings. The molecule has 1 amide bonds. The summed E-state index contributed by atoms with van der Waals surface area (Å²) in [5.41, 5.74) is 2.81. The molecule has 4 rings (SSSR count). The molecule has 1 aliphatic heterocycles. The molecule has 154 valence electrons. The van der Waals surface area contributed by atoms with Crippen molar-refractivity contribution in [2.75, 3.05) is 31.6 Å². The van der Waals surface area contributed by atoms with E-state index in [4.69, 9.17) is 4.74 Å². The van der Waals surface area contributed by atoms with Crippen molar-refractivity contribution in [1.82, 2.24) is 15.6 Å². The Morgan fingerprint density at radius 1 is 1.17 bits per heavy atom. The quantitative estimate of drug-likeness (QED) is 0.663. The van der Waals surface area contributed by atoms with Crippen LogP contribution < -0.4 is 20.3 Å². The first kappa shape index (κ1) is 19.9. The predicted molar refractivity (Wildman–Crippen MR) is 118 cm³/mol. The van der Waals surface area contributed by atoms with E-state index in [2.05, 4.69) is 44.8 Å². The van der Waals surface area contributed by atoms with Crippen LogP contribution in [0.2, 0.25) is 0 Å². The fraction of sp³-hybridized carbons (Fsp3) is 0.250. The fourth-order valence-electron chi connectivity index (χ4n) is 3.64. The lowest BCUT2D eigenvalue weighted by atomic mass is 10.0. The Hall–Kier alpha value is -3.38. The van der Waals surface area contributed by atoms with Crippen molar-refractivity contribution in [3.8, 4) is 5.75 Å². The summed E-state index contributed by atoms with van der Waals surface area (Å²) in [7, 11) is 1.63. The Morgan fingerprint density at radius 2 is 2.03 bits per heavy atom.